The first-order valence-corrected chi connectivity index (χ1v) is 8.81. The van der Waals surface area contributed by atoms with E-state index in [1.165, 1.54) is 22.4 Å². The normalized spacial score (nSPS) is 17.6. The lowest BCUT2D eigenvalue weighted by Crippen LogP contribution is -2.38. The summed E-state index contributed by atoms with van der Waals surface area (Å²) >= 11 is 0. The molecule has 1 amide bonds. The zero-order valence-corrected chi connectivity index (χ0v) is 14.5. The average molecular weight is 340 g/mol. The molecule has 25 heavy (non-hydrogen) atoms. The number of aryl methyl sites for hydroxylation is 1. The molecule has 2 aromatic rings. The van der Waals surface area contributed by atoms with Crippen molar-refractivity contribution >= 4 is 5.91 Å². The van der Waals surface area contributed by atoms with Gasteiger partial charge in [-0.3, -0.25) is 14.5 Å². The first kappa shape index (κ1) is 17.4. The van der Waals surface area contributed by atoms with Crippen LogP contribution in [0.2, 0.25) is 0 Å². The quantitative estimate of drug-likeness (QED) is 0.868. The zero-order valence-electron chi connectivity index (χ0n) is 14.5. The van der Waals surface area contributed by atoms with Crippen LogP contribution in [0.4, 0.5) is 0 Å². The molecule has 132 valence electrons. The van der Waals surface area contributed by atoms with Crippen molar-refractivity contribution in [2.45, 2.75) is 38.9 Å². The molecule has 1 aliphatic rings. The van der Waals surface area contributed by atoms with Crippen LogP contribution in [0.15, 0.2) is 47.3 Å². The fraction of sp³-hybridized carbons (Fsp3) is 0.421. The van der Waals surface area contributed by atoms with Gasteiger partial charge in [0, 0.05) is 38.3 Å². The summed E-state index contributed by atoms with van der Waals surface area (Å²) in [4.78, 5) is 26.5. The van der Waals surface area contributed by atoms with Gasteiger partial charge in [-0.25, -0.2) is 4.68 Å². The van der Waals surface area contributed by atoms with Crippen molar-refractivity contribution in [1.29, 1.82) is 0 Å². The maximum atomic E-state index is 12.4. The molecular formula is C19H24N4O2. The Labute approximate surface area is 147 Å². The van der Waals surface area contributed by atoms with Gasteiger partial charge in [0.2, 0.25) is 0 Å². The average Bonchev–Trinajstić information content (AvgIpc) is 3.04. The third-order valence-corrected chi connectivity index (χ3v) is 4.39. The number of hydrogen-bond acceptors (Lipinski definition) is 4. The highest BCUT2D eigenvalue weighted by atomic mass is 16.2. The van der Waals surface area contributed by atoms with Crippen molar-refractivity contribution in [3.63, 3.8) is 0 Å². The number of benzene rings is 1. The van der Waals surface area contributed by atoms with Crippen LogP contribution >= 0.6 is 0 Å². The molecule has 0 radical (unpaired) electrons. The highest BCUT2D eigenvalue weighted by Crippen LogP contribution is 2.13. The van der Waals surface area contributed by atoms with E-state index in [0.29, 0.717) is 12.2 Å². The molecule has 0 saturated carbocycles. The first-order chi connectivity index (χ1) is 12.2. The van der Waals surface area contributed by atoms with Gasteiger partial charge in [-0.15, -0.1) is 0 Å². The fourth-order valence-electron chi connectivity index (χ4n) is 3.14. The van der Waals surface area contributed by atoms with Crippen LogP contribution in [0.25, 0.3) is 0 Å². The molecule has 1 aromatic carbocycles. The minimum Gasteiger partial charge on any atom is -0.347 e. The highest BCUT2D eigenvalue weighted by molar-refractivity contribution is 5.92. The molecule has 1 N–H and O–H groups in total. The Bertz CT molecular complexity index is 772. The number of carbonyl (C=O) groups is 1. The van der Waals surface area contributed by atoms with Crippen molar-refractivity contribution in [2.75, 3.05) is 13.1 Å². The summed E-state index contributed by atoms with van der Waals surface area (Å²) in [5.41, 5.74) is 1.41. The van der Waals surface area contributed by atoms with Crippen LogP contribution in [-0.4, -0.2) is 39.7 Å². The van der Waals surface area contributed by atoms with E-state index in [-0.39, 0.29) is 17.5 Å². The molecule has 1 atom stereocenters. The molecule has 1 aromatic heterocycles. The Hall–Kier alpha value is -2.47. The summed E-state index contributed by atoms with van der Waals surface area (Å²) in [6.07, 6.45) is 1.72. The smallest absolute Gasteiger partial charge is 0.271 e. The van der Waals surface area contributed by atoms with Crippen LogP contribution in [0.5, 0.6) is 0 Å². The van der Waals surface area contributed by atoms with Crippen LogP contribution in [0, 0.1) is 0 Å². The minimum absolute atomic E-state index is 0.115. The van der Waals surface area contributed by atoms with Gasteiger partial charge in [0.05, 0.1) is 0 Å². The maximum Gasteiger partial charge on any atom is 0.271 e. The van der Waals surface area contributed by atoms with Crippen molar-refractivity contribution in [2.24, 2.45) is 0 Å². The van der Waals surface area contributed by atoms with Crippen LogP contribution in [0.1, 0.15) is 35.8 Å². The standard InChI is InChI=1S/C19H24N4O2/c1-2-11-23-18(24)9-8-17(21-23)19(25)20-16-10-12-22(14-16)13-15-6-4-3-5-7-15/h3-9,16H,2,10-14H2,1H3,(H,20,25)/t16-/m0/s1. The van der Waals surface area contributed by atoms with Crippen LogP contribution in [0.3, 0.4) is 0 Å². The number of nitrogens with zero attached hydrogens (tertiary/aromatic N) is 3. The summed E-state index contributed by atoms with van der Waals surface area (Å²) in [5, 5.41) is 7.21. The lowest BCUT2D eigenvalue weighted by Gasteiger charge is -2.16. The Morgan fingerprint density at radius 2 is 2.04 bits per heavy atom. The van der Waals surface area contributed by atoms with E-state index >= 15 is 0 Å². The summed E-state index contributed by atoms with van der Waals surface area (Å²) in [7, 11) is 0. The van der Waals surface area contributed by atoms with Gasteiger partial charge in [-0.1, -0.05) is 37.3 Å². The molecule has 2 heterocycles. The van der Waals surface area contributed by atoms with Crippen molar-refractivity contribution in [3.05, 3.63) is 64.1 Å². The lowest BCUT2D eigenvalue weighted by molar-refractivity contribution is 0.0930. The second kappa shape index (κ2) is 8.07. The molecule has 1 saturated heterocycles. The molecule has 3 rings (SSSR count). The molecule has 0 aliphatic carbocycles. The summed E-state index contributed by atoms with van der Waals surface area (Å²) in [5.74, 6) is -0.212. The topological polar surface area (TPSA) is 67.2 Å². The first-order valence-electron chi connectivity index (χ1n) is 8.81. The van der Waals surface area contributed by atoms with Crippen molar-refractivity contribution in [1.82, 2.24) is 20.0 Å². The van der Waals surface area contributed by atoms with Crippen molar-refractivity contribution < 1.29 is 4.79 Å². The SMILES string of the molecule is CCCn1nc(C(=O)N[C@H]2CCN(Cc3ccccc3)C2)ccc1=O. The van der Waals surface area contributed by atoms with E-state index in [2.05, 4.69) is 27.4 Å². The third kappa shape index (κ3) is 4.54. The third-order valence-electron chi connectivity index (χ3n) is 4.39. The maximum absolute atomic E-state index is 12.4. The van der Waals surface area contributed by atoms with E-state index in [0.717, 1.165) is 32.5 Å². The van der Waals surface area contributed by atoms with E-state index in [1.807, 2.05) is 25.1 Å². The Morgan fingerprint density at radius 3 is 2.80 bits per heavy atom. The van der Waals surface area contributed by atoms with Gasteiger partial charge in [-0.2, -0.15) is 5.10 Å². The molecule has 0 bridgehead atoms. The number of rotatable bonds is 6. The summed E-state index contributed by atoms with van der Waals surface area (Å²) < 4.78 is 1.35. The fourth-order valence-corrected chi connectivity index (χ4v) is 3.14. The zero-order chi connectivity index (χ0) is 17.6. The van der Waals surface area contributed by atoms with Gasteiger partial charge in [-0.05, 0) is 24.5 Å². The molecule has 0 spiro atoms. The van der Waals surface area contributed by atoms with Crippen molar-refractivity contribution in [3.8, 4) is 0 Å². The molecule has 1 fully saturated rings. The monoisotopic (exact) mass is 340 g/mol. The molecular weight excluding hydrogens is 316 g/mol. The number of nitrogens with one attached hydrogen (secondary N) is 1. The number of hydrogen-bond donors (Lipinski definition) is 1. The molecule has 0 unspecified atom stereocenters. The molecule has 1 aliphatic heterocycles. The van der Waals surface area contributed by atoms with E-state index in [4.69, 9.17) is 0 Å². The Morgan fingerprint density at radius 1 is 1.24 bits per heavy atom. The minimum atomic E-state index is -0.212. The van der Waals surface area contributed by atoms with Gasteiger partial charge in [0.15, 0.2) is 0 Å². The number of aromatic nitrogens is 2. The van der Waals surface area contributed by atoms with E-state index < -0.39 is 0 Å². The van der Waals surface area contributed by atoms with Crippen LogP contribution in [-0.2, 0) is 13.1 Å². The summed E-state index contributed by atoms with van der Waals surface area (Å²) in [6.45, 7) is 5.18. The second-order valence-corrected chi connectivity index (χ2v) is 6.46. The van der Waals surface area contributed by atoms with Gasteiger partial charge < -0.3 is 5.32 Å². The number of amides is 1. The number of carbonyl (C=O) groups excluding carboxylic acids is 1. The largest absolute Gasteiger partial charge is 0.347 e. The van der Waals surface area contributed by atoms with Crippen LogP contribution < -0.4 is 10.9 Å². The van der Waals surface area contributed by atoms with E-state index in [9.17, 15) is 9.59 Å². The molecule has 6 nitrogen and oxygen atoms in total. The predicted molar refractivity (Wildman–Crippen MR) is 96.4 cm³/mol. The predicted octanol–water partition coefficient (Wildman–Crippen LogP) is 1.66. The lowest BCUT2D eigenvalue weighted by atomic mass is 10.2. The van der Waals surface area contributed by atoms with Gasteiger partial charge in [0.1, 0.15) is 5.69 Å². The van der Waals surface area contributed by atoms with Gasteiger partial charge in [0.25, 0.3) is 11.5 Å². The number of likely N-dealkylation sites (tertiary alicyclic amines) is 1. The summed E-state index contributed by atoms with van der Waals surface area (Å²) in [6, 6.07) is 13.4. The molecule has 6 heteroatoms. The van der Waals surface area contributed by atoms with Gasteiger partial charge >= 0.3 is 0 Å². The Kier molecular flexibility index (Phi) is 5.60. The highest BCUT2D eigenvalue weighted by Gasteiger charge is 2.24. The second-order valence-electron chi connectivity index (χ2n) is 6.46. The Balaban J connectivity index is 1.57. The van der Waals surface area contributed by atoms with E-state index in [1.54, 1.807) is 0 Å².